The molecule has 0 aliphatic carbocycles. The average Bonchev–Trinajstić information content (AvgIpc) is 3.31. The summed E-state index contributed by atoms with van der Waals surface area (Å²) in [6.07, 6.45) is 2.81. The predicted octanol–water partition coefficient (Wildman–Crippen LogP) is 4.92. The predicted molar refractivity (Wildman–Crippen MR) is 137 cm³/mol. The third kappa shape index (κ3) is 6.31. The number of benzene rings is 2. The standard InChI is InChI=1S/C27H32N4O3S/c1-3-34-26(33)22-9-7-17-30(19-22)24(32)12-8-18-35-27-29-28-25(21-15-13-20(2)14-16-21)31(27)23-10-5-4-6-11-23/h4-6,10-11,13-16,22H,3,7-9,12,17-19H2,1-2H3. The molecule has 2 aromatic carbocycles. The number of nitrogens with zero attached hydrogens (tertiary/aromatic N) is 4. The van der Waals surface area contributed by atoms with E-state index >= 15 is 0 Å². The lowest BCUT2D eigenvalue weighted by molar-refractivity contribution is -0.151. The Morgan fingerprint density at radius 1 is 1.09 bits per heavy atom. The van der Waals surface area contributed by atoms with Crippen LogP contribution in [0, 0.1) is 12.8 Å². The highest BCUT2D eigenvalue weighted by Gasteiger charge is 2.29. The minimum absolute atomic E-state index is 0.101. The van der Waals surface area contributed by atoms with Crippen molar-refractivity contribution in [2.75, 3.05) is 25.4 Å². The zero-order valence-corrected chi connectivity index (χ0v) is 21.2. The molecule has 184 valence electrons. The molecule has 0 saturated carbocycles. The maximum atomic E-state index is 12.8. The Morgan fingerprint density at radius 3 is 2.60 bits per heavy atom. The van der Waals surface area contributed by atoms with E-state index in [2.05, 4.69) is 46.0 Å². The van der Waals surface area contributed by atoms with Gasteiger partial charge in [-0.05, 0) is 45.2 Å². The van der Waals surface area contributed by atoms with E-state index in [1.807, 2.05) is 42.2 Å². The summed E-state index contributed by atoms with van der Waals surface area (Å²) in [5, 5.41) is 9.77. The quantitative estimate of drug-likeness (QED) is 0.240. The van der Waals surface area contributed by atoms with Gasteiger partial charge in [-0.15, -0.1) is 10.2 Å². The van der Waals surface area contributed by atoms with E-state index in [0.29, 0.717) is 26.1 Å². The van der Waals surface area contributed by atoms with E-state index in [1.165, 1.54) is 5.56 Å². The minimum atomic E-state index is -0.202. The third-order valence-electron chi connectivity index (χ3n) is 6.12. The fourth-order valence-electron chi connectivity index (χ4n) is 4.26. The number of aryl methyl sites for hydroxylation is 1. The summed E-state index contributed by atoms with van der Waals surface area (Å²) in [6, 6.07) is 18.4. The number of hydrogen-bond acceptors (Lipinski definition) is 6. The molecule has 1 atom stereocenters. The van der Waals surface area contributed by atoms with E-state index in [-0.39, 0.29) is 17.8 Å². The van der Waals surface area contributed by atoms with Gasteiger partial charge in [-0.3, -0.25) is 14.2 Å². The Bertz CT molecular complexity index is 1130. The van der Waals surface area contributed by atoms with Crippen LogP contribution in [0.1, 0.15) is 38.2 Å². The van der Waals surface area contributed by atoms with Gasteiger partial charge < -0.3 is 9.64 Å². The zero-order valence-electron chi connectivity index (χ0n) is 20.4. The fraction of sp³-hybridized carbons (Fsp3) is 0.407. The summed E-state index contributed by atoms with van der Waals surface area (Å²) in [6.45, 7) is 5.43. The molecule has 1 unspecified atom stereocenters. The van der Waals surface area contributed by atoms with Gasteiger partial charge in [0.05, 0.1) is 12.5 Å². The number of para-hydroxylation sites is 1. The molecule has 0 radical (unpaired) electrons. The van der Waals surface area contributed by atoms with Crippen LogP contribution in [0.25, 0.3) is 17.1 Å². The summed E-state index contributed by atoms with van der Waals surface area (Å²) in [7, 11) is 0. The SMILES string of the molecule is CCOC(=O)C1CCCN(C(=O)CCCSc2nnc(-c3ccc(C)cc3)n2-c2ccccc2)C1. The van der Waals surface area contributed by atoms with Gasteiger partial charge >= 0.3 is 5.97 Å². The molecule has 8 heteroatoms. The van der Waals surface area contributed by atoms with Crippen molar-refractivity contribution in [3.05, 3.63) is 60.2 Å². The van der Waals surface area contributed by atoms with Crippen molar-refractivity contribution in [1.82, 2.24) is 19.7 Å². The molecule has 3 aromatic rings. The maximum absolute atomic E-state index is 12.8. The van der Waals surface area contributed by atoms with Crippen LogP contribution in [-0.4, -0.2) is 57.0 Å². The second-order valence-electron chi connectivity index (χ2n) is 8.73. The lowest BCUT2D eigenvalue weighted by Crippen LogP contribution is -2.42. The van der Waals surface area contributed by atoms with E-state index in [4.69, 9.17) is 4.74 Å². The number of likely N-dealkylation sites (tertiary alicyclic amines) is 1. The summed E-state index contributed by atoms with van der Waals surface area (Å²) in [5.41, 5.74) is 3.21. The smallest absolute Gasteiger partial charge is 0.310 e. The van der Waals surface area contributed by atoms with Crippen molar-refractivity contribution < 1.29 is 14.3 Å². The van der Waals surface area contributed by atoms with Crippen molar-refractivity contribution in [3.63, 3.8) is 0 Å². The van der Waals surface area contributed by atoms with Crippen LogP contribution in [0.2, 0.25) is 0 Å². The Labute approximate surface area is 210 Å². The lowest BCUT2D eigenvalue weighted by atomic mass is 9.98. The summed E-state index contributed by atoms with van der Waals surface area (Å²) >= 11 is 1.61. The Morgan fingerprint density at radius 2 is 1.86 bits per heavy atom. The molecule has 1 aromatic heterocycles. The molecule has 0 spiro atoms. The highest BCUT2D eigenvalue weighted by atomic mass is 32.2. The molecule has 1 fully saturated rings. The molecule has 4 rings (SSSR count). The number of rotatable bonds is 9. The number of ether oxygens (including phenoxy) is 1. The summed E-state index contributed by atoms with van der Waals surface area (Å²) < 4.78 is 7.22. The number of thioether (sulfide) groups is 1. The zero-order chi connectivity index (χ0) is 24.6. The first-order chi connectivity index (χ1) is 17.1. The van der Waals surface area contributed by atoms with Crippen molar-refractivity contribution in [2.45, 2.75) is 44.7 Å². The van der Waals surface area contributed by atoms with Gasteiger partial charge in [0.1, 0.15) is 0 Å². The Kier molecular flexibility index (Phi) is 8.58. The van der Waals surface area contributed by atoms with Gasteiger partial charge in [0, 0.05) is 36.5 Å². The first-order valence-electron chi connectivity index (χ1n) is 12.2. The van der Waals surface area contributed by atoms with Gasteiger partial charge in [-0.1, -0.05) is 59.8 Å². The van der Waals surface area contributed by atoms with Gasteiger partial charge in [0.15, 0.2) is 11.0 Å². The maximum Gasteiger partial charge on any atom is 0.310 e. The second kappa shape index (κ2) is 12.0. The molecule has 1 aliphatic rings. The monoisotopic (exact) mass is 492 g/mol. The first kappa shape index (κ1) is 25.0. The molecule has 1 aliphatic heterocycles. The molecular formula is C27H32N4O3S. The lowest BCUT2D eigenvalue weighted by Gasteiger charge is -2.31. The number of hydrogen-bond donors (Lipinski definition) is 0. The Balaban J connectivity index is 1.38. The van der Waals surface area contributed by atoms with Gasteiger partial charge in [-0.25, -0.2) is 0 Å². The number of amides is 1. The first-order valence-corrected chi connectivity index (χ1v) is 13.2. The molecule has 0 bridgehead atoms. The molecule has 1 saturated heterocycles. The van der Waals surface area contributed by atoms with E-state index in [0.717, 1.165) is 47.2 Å². The van der Waals surface area contributed by atoms with Gasteiger partial charge in [-0.2, -0.15) is 0 Å². The van der Waals surface area contributed by atoms with Crippen LogP contribution in [0.15, 0.2) is 59.8 Å². The highest BCUT2D eigenvalue weighted by Crippen LogP contribution is 2.29. The van der Waals surface area contributed by atoms with Gasteiger partial charge in [0.25, 0.3) is 0 Å². The van der Waals surface area contributed by atoms with E-state index in [9.17, 15) is 9.59 Å². The van der Waals surface area contributed by atoms with Crippen LogP contribution in [0.4, 0.5) is 0 Å². The number of carbonyl (C=O) groups excluding carboxylic acids is 2. The molecule has 35 heavy (non-hydrogen) atoms. The van der Waals surface area contributed by atoms with Crippen LogP contribution >= 0.6 is 11.8 Å². The summed E-state index contributed by atoms with van der Waals surface area (Å²) in [5.74, 6) is 1.26. The third-order valence-corrected chi connectivity index (χ3v) is 7.13. The fourth-order valence-corrected chi connectivity index (χ4v) is 5.15. The number of carbonyl (C=O) groups is 2. The molecule has 2 heterocycles. The largest absolute Gasteiger partial charge is 0.466 e. The van der Waals surface area contributed by atoms with Crippen LogP contribution in [0.3, 0.4) is 0 Å². The molecule has 7 nitrogen and oxygen atoms in total. The molecule has 0 N–H and O–H groups in total. The minimum Gasteiger partial charge on any atom is -0.466 e. The highest BCUT2D eigenvalue weighted by molar-refractivity contribution is 7.99. The second-order valence-corrected chi connectivity index (χ2v) is 9.79. The van der Waals surface area contributed by atoms with E-state index in [1.54, 1.807) is 11.8 Å². The number of piperidine rings is 1. The number of esters is 1. The van der Waals surface area contributed by atoms with Crippen molar-refractivity contribution >= 4 is 23.6 Å². The van der Waals surface area contributed by atoms with Crippen molar-refractivity contribution in [3.8, 4) is 17.1 Å². The van der Waals surface area contributed by atoms with Crippen LogP contribution in [-0.2, 0) is 14.3 Å². The average molecular weight is 493 g/mol. The molecule has 1 amide bonds. The normalized spacial score (nSPS) is 15.7. The van der Waals surface area contributed by atoms with Crippen LogP contribution < -0.4 is 0 Å². The van der Waals surface area contributed by atoms with Crippen molar-refractivity contribution in [1.29, 1.82) is 0 Å². The Hall–Kier alpha value is -3.13. The number of aromatic nitrogens is 3. The molecular weight excluding hydrogens is 460 g/mol. The van der Waals surface area contributed by atoms with Crippen LogP contribution in [0.5, 0.6) is 0 Å². The summed E-state index contributed by atoms with van der Waals surface area (Å²) in [4.78, 5) is 26.7. The topological polar surface area (TPSA) is 77.3 Å². The van der Waals surface area contributed by atoms with Crippen molar-refractivity contribution in [2.24, 2.45) is 5.92 Å². The van der Waals surface area contributed by atoms with E-state index < -0.39 is 0 Å². The van der Waals surface area contributed by atoms with Gasteiger partial charge in [0.2, 0.25) is 5.91 Å².